The number of carbonyl (C=O) groups excluding carboxylic acids is 1. The van der Waals surface area contributed by atoms with E-state index in [4.69, 9.17) is 10.7 Å². The van der Waals surface area contributed by atoms with Crippen molar-refractivity contribution < 1.29 is 4.79 Å². The molecular formula is C23H25N5O. The zero-order chi connectivity index (χ0) is 20.1. The van der Waals surface area contributed by atoms with Crippen LogP contribution in [0, 0.1) is 0 Å². The van der Waals surface area contributed by atoms with Crippen LogP contribution in [0.15, 0.2) is 66.9 Å². The summed E-state index contributed by atoms with van der Waals surface area (Å²) in [5, 5.41) is 3.13. The van der Waals surface area contributed by atoms with E-state index in [9.17, 15) is 4.79 Å². The summed E-state index contributed by atoms with van der Waals surface area (Å²) in [7, 11) is 0. The predicted octanol–water partition coefficient (Wildman–Crippen LogP) is 2.65. The first-order valence-electron chi connectivity index (χ1n) is 9.96. The normalized spacial score (nSPS) is 16.0. The number of nitrogens with one attached hydrogen (secondary N) is 1. The fourth-order valence-electron chi connectivity index (χ4n) is 3.59. The molecule has 1 aliphatic heterocycles. The Morgan fingerprint density at radius 1 is 1.10 bits per heavy atom. The van der Waals surface area contributed by atoms with Crippen molar-refractivity contribution in [2.24, 2.45) is 5.73 Å². The van der Waals surface area contributed by atoms with Crippen molar-refractivity contribution in [2.45, 2.75) is 18.9 Å². The van der Waals surface area contributed by atoms with Gasteiger partial charge >= 0.3 is 0 Å². The van der Waals surface area contributed by atoms with Crippen molar-refractivity contribution in [2.75, 3.05) is 24.5 Å². The highest BCUT2D eigenvalue weighted by Gasteiger charge is 2.26. The number of anilines is 1. The Kier molecular flexibility index (Phi) is 5.81. The van der Waals surface area contributed by atoms with Gasteiger partial charge in [-0.15, -0.1) is 0 Å². The maximum absolute atomic E-state index is 12.6. The number of amides is 1. The number of benzene rings is 2. The molecule has 0 bridgehead atoms. The third-order valence-electron chi connectivity index (χ3n) is 5.17. The van der Waals surface area contributed by atoms with E-state index in [2.05, 4.69) is 15.2 Å². The van der Waals surface area contributed by atoms with Crippen molar-refractivity contribution in [3.8, 4) is 11.3 Å². The van der Waals surface area contributed by atoms with Crippen LogP contribution in [0.5, 0.6) is 0 Å². The number of nitrogens with two attached hydrogens (primary N) is 1. The number of aromatic nitrogens is 2. The van der Waals surface area contributed by atoms with Crippen LogP contribution in [0.25, 0.3) is 11.3 Å². The monoisotopic (exact) mass is 387 g/mol. The largest absolute Gasteiger partial charge is 0.347 e. The Balaban J connectivity index is 1.38. The van der Waals surface area contributed by atoms with Gasteiger partial charge in [0.2, 0.25) is 5.95 Å². The number of hydrogen-bond acceptors (Lipinski definition) is 5. The molecule has 1 aliphatic rings. The maximum atomic E-state index is 12.6. The van der Waals surface area contributed by atoms with Gasteiger partial charge in [0.25, 0.3) is 5.91 Å². The summed E-state index contributed by atoms with van der Waals surface area (Å²) < 4.78 is 0. The molecule has 0 spiro atoms. The zero-order valence-electron chi connectivity index (χ0n) is 16.3. The predicted molar refractivity (Wildman–Crippen MR) is 115 cm³/mol. The zero-order valence-corrected chi connectivity index (χ0v) is 16.3. The Morgan fingerprint density at radius 3 is 2.66 bits per heavy atom. The minimum Gasteiger partial charge on any atom is -0.347 e. The molecular weight excluding hydrogens is 362 g/mol. The fraction of sp³-hybridized carbons (Fsp3) is 0.261. The second kappa shape index (κ2) is 8.84. The summed E-state index contributed by atoms with van der Waals surface area (Å²) >= 11 is 0. The van der Waals surface area contributed by atoms with E-state index >= 15 is 0 Å². The molecule has 29 heavy (non-hydrogen) atoms. The highest BCUT2D eigenvalue weighted by Crippen LogP contribution is 2.21. The lowest BCUT2D eigenvalue weighted by molar-refractivity contribution is 0.0940. The summed E-state index contributed by atoms with van der Waals surface area (Å²) in [5.41, 5.74) is 9.37. The molecule has 1 atom stereocenters. The van der Waals surface area contributed by atoms with E-state index in [1.54, 1.807) is 6.20 Å². The summed E-state index contributed by atoms with van der Waals surface area (Å²) in [4.78, 5) is 23.8. The smallest absolute Gasteiger partial charge is 0.251 e. The Labute approximate surface area is 170 Å². The van der Waals surface area contributed by atoms with Crippen LogP contribution in [-0.4, -0.2) is 41.6 Å². The number of carbonyl (C=O) groups is 1. The minimum absolute atomic E-state index is 0.0462. The van der Waals surface area contributed by atoms with Crippen molar-refractivity contribution in [3.05, 3.63) is 78.0 Å². The standard InChI is InChI=1S/C23H25N5O/c24-13-10-17-6-8-19(9-7-17)22(29)26-20-12-15-28(16-20)23-25-14-11-21(27-23)18-4-2-1-3-5-18/h1-9,11,14,20H,10,12-13,15-16,24H2,(H,26,29). The average Bonchev–Trinajstić information content (AvgIpc) is 3.24. The molecule has 1 unspecified atom stereocenters. The molecule has 6 nitrogen and oxygen atoms in total. The molecule has 1 aromatic heterocycles. The van der Waals surface area contributed by atoms with E-state index < -0.39 is 0 Å². The van der Waals surface area contributed by atoms with Crippen LogP contribution >= 0.6 is 0 Å². The van der Waals surface area contributed by atoms with Gasteiger partial charge in [0, 0.05) is 36.5 Å². The molecule has 1 amide bonds. The Hall–Kier alpha value is -3.25. The van der Waals surface area contributed by atoms with Crippen molar-refractivity contribution in [1.82, 2.24) is 15.3 Å². The fourth-order valence-corrected chi connectivity index (χ4v) is 3.59. The molecule has 6 heteroatoms. The lowest BCUT2D eigenvalue weighted by Crippen LogP contribution is -2.37. The molecule has 2 aromatic carbocycles. The Bertz CT molecular complexity index is 959. The summed E-state index contributed by atoms with van der Waals surface area (Å²) in [5.74, 6) is 0.657. The van der Waals surface area contributed by atoms with Crippen LogP contribution in [0.4, 0.5) is 5.95 Å². The number of hydrogen-bond donors (Lipinski definition) is 2. The molecule has 0 aliphatic carbocycles. The maximum Gasteiger partial charge on any atom is 0.251 e. The van der Waals surface area contributed by atoms with E-state index in [1.165, 1.54) is 0 Å². The van der Waals surface area contributed by atoms with E-state index in [0.717, 1.165) is 36.2 Å². The van der Waals surface area contributed by atoms with Gasteiger partial charge in [-0.3, -0.25) is 4.79 Å². The molecule has 2 heterocycles. The molecule has 3 aromatic rings. The third kappa shape index (κ3) is 4.60. The molecule has 0 saturated carbocycles. The average molecular weight is 387 g/mol. The van der Waals surface area contributed by atoms with Crippen LogP contribution in [0.2, 0.25) is 0 Å². The lowest BCUT2D eigenvalue weighted by Gasteiger charge is -2.17. The van der Waals surface area contributed by atoms with Gasteiger partial charge < -0.3 is 16.0 Å². The first-order valence-corrected chi connectivity index (χ1v) is 9.96. The van der Waals surface area contributed by atoms with Crippen LogP contribution in [0.1, 0.15) is 22.3 Å². The van der Waals surface area contributed by atoms with Gasteiger partial charge in [-0.2, -0.15) is 0 Å². The molecule has 0 radical (unpaired) electrons. The second-order valence-corrected chi connectivity index (χ2v) is 7.25. The molecule has 4 rings (SSSR count). The van der Waals surface area contributed by atoms with Crippen molar-refractivity contribution in [3.63, 3.8) is 0 Å². The summed E-state index contributed by atoms with van der Waals surface area (Å²) in [6, 6.07) is 19.7. The topological polar surface area (TPSA) is 84.1 Å². The number of rotatable bonds is 6. The van der Waals surface area contributed by atoms with Gasteiger partial charge in [-0.25, -0.2) is 9.97 Å². The van der Waals surface area contributed by atoms with E-state index in [-0.39, 0.29) is 11.9 Å². The summed E-state index contributed by atoms with van der Waals surface area (Å²) in [6.07, 6.45) is 3.48. The molecule has 1 saturated heterocycles. The van der Waals surface area contributed by atoms with Crippen LogP contribution < -0.4 is 16.0 Å². The second-order valence-electron chi connectivity index (χ2n) is 7.25. The minimum atomic E-state index is -0.0462. The lowest BCUT2D eigenvalue weighted by atomic mass is 10.1. The molecule has 3 N–H and O–H groups in total. The van der Waals surface area contributed by atoms with Crippen LogP contribution in [0.3, 0.4) is 0 Å². The Morgan fingerprint density at radius 2 is 1.90 bits per heavy atom. The van der Waals surface area contributed by atoms with Gasteiger partial charge in [0.1, 0.15) is 0 Å². The quantitative estimate of drug-likeness (QED) is 0.679. The highest BCUT2D eigenvalue weighted by atomic mass is 16.1. The van der Waals surface area contributed by atoms with Crippen LogP contribution in [-0.2, 0) is 6.42 Å². The first kappa shape index (κ1) is 19.1. The van der Waals surface area contributed by atoms with E-state index in [1.807, 2.05) is 60.7 Å². The van der Waals surface area contributed by atoms with E-state index in [0.29, 0.717) is 24.6 Å². The third-order valence-corrected chi connectivity index (χ3v) is 5.17. The SMILES string of the molecule is NCCc1ccc(C(=O)NC2CCN(c3nccc(-c4ccccc4)n3)C2)cc1. The summed E-state index contributed by atoms with van der Waals surface area (Å²) in [6.45, 7) is 2.13. The van der Waals surface area contributed by atoms with Gasteiger partial charge in [-0.05, 0) is 43.1 Å². The molecule has 148 valence electrons. The highest BCUT2D eigenvalue weighted by molar-refractivity contribution is 5.94. The van der Waals surface area contributed by atoms with Gasteiger partial charge in [0.05, 0.1) is 5.69 Å². The molecule has 1 fully saturated rings. The van der Waals surface area contributed by atoms with Gasteiger partial charge in [0.15, 0.2) is 0 Å². The van der Waals surface area contributed by atoms with Gasteiger partial charge in [-0.1, -0.05) is 42.5 Å². The van der Waals surface area contributed by atoms with Crippen molar-refractivity contribution >= 4 is 11.9 Å². The van der Waals surface area contributed by atoms with Crippen molar-refractivity contribution in [1.29, 1.82) is 0 Å². The first-order chi connectivity index (χ1) is 14.2. The number of nitrogens with zero attached hydrogens (tertiary/aromatic N) is 3.